The molecule has 14 heavy (non-hydrogen) atoms. The minimum Gasteiger partial charge on any atom is -0.374 e. The van der Waals surface area contributed by atoms with Gasteiger partial charge in [-0.1, -0.05) is 13.8 Å². The highest BCUT2D eigenvalue weighted by atomic mass is 16.5. The molecule has 1 N–H and O–H groups in total. The molecule has 0 saturated carbocycles. The summed E-state index contributed by atoms with van der Waals surface area (Å²) in [5, 5.41) is 7.50. The summed E-state index contributed by atoms with van der Waals surface area (Å²) in [5.41, 5.74) is 0.983. The van der Waals surface area contributed by atoms with E-state index in [0.717, 1.165) is 18.8 Å². The molecule has 0 amide bonds. The molecule has 4 heteroatoms. The summed E-state index contributed by atoms with van der Waals surface area (Å²) in [6, 6.07) is 2.49. The third-order valence-electron chi connectivity index (χ3n) is 1.82. The molecule has 0 unspecified atom stereocenters. The van der Waals surface area contributed by atoms with Gasteiger partial charge in [-0.05, 0) is 6.07 Å². The number of nitrogens with zero attached hydrogens (tertiary/aromatic N) is 2. The van der Waals surface area contributed by atoms with Crippen LogP contribution in [0.2, 0.25) is 0 Å². The minimum atomic E-state index is 0.522. The van der Waals surface area contributed by atoms with E-state index >= 15 is 0 Å². The minimum absolute atomic E-state index is 0.522. The highest BCUT2D eigenvalue weighted by Gasteiger charge is 1.96. The molecule has 0 saturated heterocycles. The lowest BCUT2D eigenvalue weighted by atomic mass is 10.4. The molecule has 1 aromatic rings. The zero-order valence-electron chi connectivity index (χ0n) is 9.16. The van der Waals surface area contributed by atoms with Crippen LogP contribution in [0, 0.1) is 0 Å². The Morgan fingerprint density at radius 3 is 2.93 bits per heavy atom. The Labute approximate surface area is 85.3 Å². The van der Waals surface area contributed by atoms with Crippen molar-refractivity contribution in [3.8, 4) is 0 Å². The van der Waals surface area contributed by atoms with Crippen LogP contribution in [0.15, 0.2) is 12.3 Å². The van der Waals surface area contributed by atoms with Crippen molar-refractivity contribution in [2.75, 3.05) is 13.2 Å². The third-order valence-corrected chi connectivity index (χ3v) is 1.82. The lowest BCUT2D eigenvalue weighted by molar-refractivity contribution is 0.118. The summed E-state index contributed by atoms with van der Waals surface area (Å²) in [6.07, 6.45) is 1.92. The van der Waals surface area contributed by atoms with Crippen LogP contribution in [0.4, 0.5) is 0 Å². The first-order chi connectivity index (χ1) is 6.68. The maximum Gasteiger partial charge on any atom is 0.0907 e. The van der Waals surface area contributed by atoms with Crippen LogP contribution in [0.25, 0.3) is 0 Å². The summed E-state index contributed by atoms with van der Waals surface area (Å²) in [4.78, 5) is 0. The van der Waals surface area contributed by atoms with Crippen molar-refractivity contribution in [3.63, 3.8) is 0 Å². The molecule has 1 heterocycles. The Bertz CT molecular complexity index is 258. The van der Waals surface area contributed by atoms with Crippen LogP contribution >= 0.6 is 0 Å². The molecule has 80 valence electrons. The third kappa shape index (κ3) is 4.39. The highest BCUT2D eigenvalue weighted by Crippen LogP contribution is 1.95. The number of hydrogen-bond acceptors (Lipinski definition) is 3. The average Bonchev–Trinajstić information content (AvgIpc) is 2.50. The lowest BCUT2D eigenvalue weighted by Crippen LogP contribution is -2.26. The van der Waals surface area contributed by atoms with Gasteiger partial charge in [-0.2, -0.15) is 5.10 Å². The quantitative estimate of drug-likeness (QED) is 0.690. The predicted molar refractivity (Wildman–Crippen MR) is 56.0 cm³/mol. The Hall–Kier alpha value is -0.870. The molecule has 4 nitrogen and oxygen atoms in total. The Morgan fingerprint density at radius 2 is 2.36 bits per heavy atom. The predicted octanol–water partition coefficient (Wildman–Crippen LogP) is 0.935. The zero-order valence-corrected chi connectivity index (χ0v) is 9.16. The van der Waals surface area contributed by atoms with E-state index in [1.165, 1.54) is 0 Å². The van der Waals surface area contributed by atoms with Crippen LogP contribution in [0.1, 0.15) is 19.5 Å². The molecule has 0 bridgehead atoms. The Kier molecular flexibility index (Phi) is 4.62. The van der Waals surface area contributed by atoms with Gasteiger partial charge in [0.1, 0.15) is 0 Å². The topological polar surface area (TPSA) is 39.1 Å². The molecule has 0 aliphatic carbocycles. The van der Waals surface area contributed by atoms with Crippen molar-refractivity contribution in [2.45, 2.75) is 26.5 Å². The molecular formula is C10H19N3O. The Balaban J connectivity index is 2.04. The first kappa shape index (κ1) is 11.2. The molecule has 0 spiro atoms. The summed E-state index contributed by atoms with van der Waals surface area (Å²) >= 11 is 0. The molecule has 0 aliphatic heterocycles. The normalized spacial score (nSPS) is 11.1. The zero-order chi connectivity index (χ0) is 10.4. The largest absolute Gasteiger partial charge is 0.374 e. The standard InChI is InChI=1S/C10H19N3O/c1-9(2)11-5-7-14-8-10-4-6-13(3)12-10/h4,6,9,11H,5,7-8H2,1-3H3. The number of aryl methyl sites for hydroxylation is 1. The Morgan fingerprint density at radius 1 is 1.57 bits per heavy atom. The molecule has 0 radical (unpaired) electrons. The number of ether oxygens (including phenoxy) is 1. The molecule has 0 fully saturated rings. The van der Waals surface area contributed by atoms with Gasteiger partial charge in [0.05, 0.1) is 18.9 Å². The van der Waals surface area contributed by atoms with E-state index in [-0.39, 0.29) is 0 Å². The van der Waals surface area contributed by atoms with E-state index in [4.69, 9.17) is 4.74 Å². The molecule has 0 aliphatic rings. The van der Waals surface area contributed by atoms with Crippen molar-refractivity contribution in [2.24, 2.45) is 7.05 Å². The fourth-order valence-corrected chi connectivity index (χ4v) is 1.14. The summed E-state index contributed by atoms with van der Waals surface area (Å²) in [7, 11) is 1.91. The number of nitrogens with one attached hydrogen (secondary N) is 1. The van der Waals surface area contributed by atoms with Crippen LogP contribution in [-0.2, 0) is 18.4 Å². The first-order valence-corrected chi connectivity index (χ1v) is 4.98. The van der Waals surface area contributed by atoms with E-state index in [1.807, 2.05) is 19.3 Å². The van der Waals surface area contributed by atoms with Gasteiger partial charge in [0.2, 0.25) is 0 Å². The molecule has 1 rings (SSSR count). The second-order valence-corrected chi connectivity index (χ2v) is 3.64. The van der Waals surface area contributed by atoms with Crippen molar-refractivity contribution in [1.29, 1.82) is 0 Å². The van der Waals surface area contributed by atoms with Gasteiger partial charge in [0, 0.05) is 25.8 Å². The highest BCUT2D eigenvalue weighted by molar-refractivity contribution is 4.96. The summed E-state index contributed by atoms with van der Waals surface area (Å²) in [5.74, 6) is 0. The number of aromatic nitrogens is 2. The molecule has 1 aromatic heterocycles. The fraction of sp³-hybridized carbons (Fsp3) is 0.700. The van der Waals surface area contributed by atoms with Gasteiger partial charge >= 0.3 is 0 Å². The van der Waals surface area contributed by atoms with E-state index < -0.39 is 0 Å². The average molecular weight is 197 g/mol. The van der Waals surface area contributed by atoms with E-state index in [9.17, 15) is 0 Å². The van der Waals surface area contributed by atoms with Crippen LogP contribution in [0.3, 0.4) is 0 Å². The van der Waals surface area contributed by atoms with Crippen LogP contribution in [-0.4, -0.2) is 29.0 Å². The van der Waals surface area contributed by atoms with Crippen molar-refractivity contribution >= 4 is 0 Å². The second kappa shape index (κ2) is 5.78. The SMILES string of the molecule is CC(C)NCCOCc1ccn(C)n1. The number of hydrogen-bond donors (Lipinski definition) is 1. The van der Waals surface area contributed by atoms with Gasteiger partial charge in [-0.3, -0.25) is 4.68 Å². The maximum atomic E-state index is 5.45. The van der Waals surface area contributed by atoms with Crippen molar-refractivity contribution in [3.05, 3.63) is 18.0 Å². The smallest absolute Gasteiger partial charge is 0.0907 e. The monoisotopic (exact) mass is 197 g/mol. The lowest BCUT2D eigenvalue weighted by Gasteiger charge is -2.07. The van der Waals surface area contributed by atoms with Gasteiger partial charge in [0.15, 0.2) is 0 Å². The maximum absolute atomic E-state index is 5.45. The van der Waals surface area contributed by atoms with Crippen molar-refractivity contribution < 1.29 is 4.74 Å². The first-order valence-electron chi connectivity index (χ1n) is 4.98. The van der Waals surface area contributed by atoms with E-state index in [0.29, 0.717) is 12.6 Å². The molecule has 0 atom stereocenters. The second-order valence-electron chi connectivity index (χ2n) is 3.64. The fourth-order valence-electron chi connectivity index (χ4n) is 1.14. The van der Waals surface area contributed by atoms with Gasteiger partial charge < -0.3 is 10.1 Å². The number of rotatable bonds is 6. The van der Waals surface area contributed by atoms with Crippen LogP contribution in [0.5, 0.6) is 0 Å². The van der Waals surface area contributed by atoms with Crippen molar-refractivity contribution in [1.82, 2.24) is 15.1 Å². The molecule has 0 aromatic carbocycles. The summed E-state index contributed by atoms with van der Waals surface area (Å²) < 4.78 is 7.23. The summed E-state index contributed by atoms with van der Waals surface area (Å²) in [6.45, 7) is 6.47. The van der Waals surface area contributed by atoms with Gasteiger partial charge in [0.25, 0.3) is 0 Å². The van der Waals surface area contributed by atoms with E-state index in [1.54, 1.807) is 4.68 Å². The van der Waals surface area contributed by atoms with Gasteiger partial charge in [-0.25, -0.2) is 0 Å². The van der Waals surface area contributed by atoms with Crippen LogP contribution < -0.4 is 5.32 Å². The van der Waals surface area contributed by atoms with Gasteiger partial charge in [-0.15, -0.1) is 0 Å². The van der Waals surface area contributed by atoms with E-state index in [2.05, 4.69) is 24.3 Å². The molecular weight excluding hydrogens is 178 g/mol.